The number of amides is 1. The molecule has 0 saturated carbocycles. The lowest BCUT2D eigenvalue weighted by atomic mass is 10.0. The molecule has 3 nitrogen and oxygen atoms in total. The number of benzene rings is 2. The Labute approximate surface area is 106 Å². The molecule has 0 aliphatic heterocycles. The zero-order valence-corrected chi connectivity index (χ0v) is 10.4. The minimum absolute atomic E-state index is 0.467. The molecule has 0 spiro atoms. The van der Waals surface area contributed by atoms with E-state index >= 15 is 0 Å². The van der Waals surface area contributed by atoms with E-state index in [0.717, 1.165) is 16.7 Å². The van der Waals surface area contributed by atoms with Crippen LogP contribution < -0.4 is 5.32 Å². The van der Waals surface area contributed by atoms with E-state index in [-0.39, 0.29) is 0 Å². The summed E-state index contributed by atoms with van der Waals surface area (Å²) in [6, 6.07) is 16.5. The molecule has 3 heteroatoms. The highest BCUT2D eigenvalue weighted by Gasteiger charge is 2.04. The molecule has 0 fully saturated rings. The highest BCUT2D eigenvalue weighted by Crippen LogP contribution is 2.25. The molecule has 0 bridgehead atoms. The Morgan fingerprint density at radius 1 is 1.33 bits per heavy atom. The number of rotatable bonds is 2. The number of carbonyl (C=O) groups is 1. The molecule has 0 saturated heterocycles. The Morgan fingerprint density at radius 2 is 2.17 bits per heavy atom. The lowest BCUT2D eigenvalue weighted by Crippen LogP contribution is -2.10. The van der Waals surface area contributed by atoms with Gasteiger partial charge in [-0.1, -0.05) is 30.3 Å². The van der Waals surface area contributed by atoms with Crippen molar-refractivity contribution in [1.29, 1.82) is 0 Å². The number of hydrogen-bond acceptors (Lipinski definition) is 2. The molecule has 0 heterocycles. The molecule has 0 atom stereocenters. The maximum Gasteiger partial charge on any atom is 0.411 e. The standard InChI is InChI=1S/C15H14NO2/c1-11-6-3-4-9-14(11)12-7-5-8-13(10-12)16-15(17)18-2/h4-10H,1-2H3,(H,16,17). The van der Waals surface area contributed by atoms with Gasteiger partial charge >= 0.3 is 6.09 Å². The molecule has 2 aromatic carbocycles. The molecule has 0 aliphatic carbocycles. The largest absolute Gasteiger partial charge is 0.453 e. The van der Waals surface area contributed by atoms with Crippen LogP contribution in [0.25, 0.3) is 11.1 Å². The first-order chi connectivity index (χ1) is 8.70. The second kappa shape index (κ2) is 5.36. The average molecular weight is 240 g/mol. The minimum Gasteiger partial charge on any atom is -0.453 e. The normalized spacial score (nSPS) is 9.89. The quantitative estimate of drug-likeness (QED) is 0.870. The van der Waals surface area contributed by atoms with Crippen LogP contribution in [0, 0.1) is 13.0 Å². The molecule has 2 rings (SSSR count). The van der Waals surface area contributed by atoms with Crippen molar-refractivity contribution >= 4 is 11.8 Å². The van der Waals surface area contributed by atoms with Gasteiger partial charge in [-0.15, -0.1) is 0 Å². The number of hydrogen-bond donors (Lipinski definition) is 1. The van der Waals surface area contributed by atoms with Gasteiger partial charge in [0, 0.05) is 5.69 Å². The number of carbonyl (C=O) groups excluding carboxylic acids is 1. The van der Waals surface area contributed by atoms with Crippen LogP contribution in [0.15, 0.2) is 42.5 Å². The van der Waals surface area contributed by atoms with Gasteiger partial charge in [0.2, 0.25) is 0 Å². The molecule has 1 amide bonds. The number of ether oxygens (including phenoxy) is 1. The van der Waals surface area contributed by atoms with Crippen LogP contribution in [-0.2, 0) is 4.74 Å². The Bertz CT molecular complexity index is 564. The summed E-state index contributed by atoms with van der Waals surface area (Å²) in [6.07, 6.45) is -0.467. The molecule has 18 heavy (non-hydrogen) atoms. The van der Waals surface area contributed by atoms with Crippen LogP contribution >= 0.6 is 0 Å². The Hall–Kier alpha value is -2.29. The van der Waals surface area contributed by atoms with Gasteiger partial charge < -0.3 is 4.74 Å². The van der Waals surface area contributed by atoms with E-state index in [9.17, 15) is 4.79 Å². The van der Waals surface area contributed by atoms with Crippen molar-refractivity contribution in [2.24, 2.45) is 0 Å². The second-order valence-corrected chi connectivity index (χ2v) is 3.94. The summed E-state index contributed by atoms with van der Waals surface area (Å²) in [4.78, 5) is 11.2. The molecule has 0 aliphatic rings. The van der Waals surface area contributed by atoms with Gasteiger partial charge in [0.1, 0.15) is 0 Å². The van der Waals surface area contributed by atoms with E-state index < -0.39 is 6.09 Å². The van der Waals surface area contributed by atoms with Crippen molar-refractivity contribution in [3.05, 3.63) is 54.1 Å². The monoisotopic (exact) mass is 240 g/mol. The molecular formula is C15H14NO2. The van der Waals surface area contributed by atoms with Gasteiger partial charge in [-0.3, -0.25) is 5.32 Å². The summed E-state index contributed by atoms with van der Waals surface area (Å²) in [5, 5.41) is 2.65. The van der Waals surface area contributed by atoms with E-state index in [0.29, 0.717) is 5.69 Å². The van der Waals surface area contributed by atoms with Crippen molar-refractivity contribution in [3.8, 4) is 11.1 Å². The first-order valence-corrected chi connectivity index (χ1v) is 5.63. The summed E-state index contributed by atoms with van der Waals surface area (Å²) in [5.41, 5.74) is 4.04. The Kier molecular flexibility index (Phi) is 3.63. The fourth-order valence-electron chi connectivity index (χ4n) is 1.77. The first kappa shape index (κ1) is 12.2. The average Bonchev–Trinajstić information content (AvgIpc) is 2.39. The molecule has 91 valence electrons. The third-order valence-corrected chi connectivity index (χ3v) is 2.68. The molecule has 1 radical (unpaired) electrons. The first-order valence-electron chi connectivity index (χ1n) is 5.63. The smallest absolute Gasteiger partial charge is 0.411 e. The summed E-state index contributed by atoms with van der Waals surface area (Å²) >= 11 is 0. The second-order valence-electron chi connectivity index (χ2n) is 3.94. The highest BCUT2D eigenvalue weighted by molar-refractivity contribution is 5.86. The van der Waals surface area contributed by atoms with Crippen LogP contribution in [-0.4, -0.2) is 13.2 Å². The maximum absolute atomic E-state index is 11.2. The van der Waals surface area contributed by atoms with Gasteiger partial charge in [-0.25, -0.2) is 4.79 Å². The summed E-state index contributed by atoms with van der Waals surface area (Å²) < 4.78 is 4.57. The number of anilines is 1. The van der Waals surface area contributed by atoms with Crippen LogP contribution in [0.4, 0.5) is 10.5 Å². The number of nitrogens with one attached hydrogen (secondary N) is 1. The van der Waals surface area contributed by atoms with E-state index in [2.05, 4.69) is 16.1 Å². The highest BCUT2D eigenvalue weighted by atomic mass is 16.5. The predicted octanol–water partition coefficient (Wildman–Crippen LogP) is 3.64. The van der Waals surface area contributed by atoms with Crippen molar-refractivity contribution in [3.63, 3.8) is 0 Å². The molecular weight excluding hydrogens is 226 g/mol. The third-order valence-electron chi connectivity index (χ3n) is 2.68. The molecule has 0 unspecified atom stereocenters. The third kappa shape index (κ3) is 2.69. The Balaban J connectivity index is 2.33. The van der Waals surface area contributed by atoms with E-state index in [1.54, 1.807) is 0 Å². The fourth-order valence-corrected chi connectivity index (χ4v) is 1.77. The fraction of sp³-hybridized carbons (Fsp3) is 0.133. The van der Waals surface area contributed by atoms with Crippen molar-refractivity contribution in [2.45, 2.75) is 6.92 Å². The van der Waals surface area contributed by atoms with Gasteiger partial charge in [-0.2, -0.15) is 0 Å². The lowest BCUT2D eigenvalue weighted by molar-refractivity contribution is 0.187. The predicted molar refractivity (Wildman–Crippen MR) is 71.5 cm³/mol. The number of aryl methyl sites for hydroxylation is 1. The van der Waals surface area contributed by atoms with E-state index in [1.165, 1.54) is 7.11 Å². The van der Waals surface area contributed by atoms with Crippen LogP contribution in [0.2, 0.25) is 0 Å². The number of methoxy groups -OCH3 is 1. The zero-order valence-electron chi connectivity index (χ0n) is 10.4. The summed E-state index contributed by atoms with van der Waals surface area (Å²) in [7, 11) is 1.34. The van der Waals surface area contributed by atoms with Gasteiger partial charge in [0.05, 0.1) is 7.11 Å². The van der Waals surface area contributed by atoms with Gasteiger partial charge in [0.25, 0.3) is 0 Å². The van der Waals surface area contributed by atoms with Crippen molar-refractivity contribution in [1.82, 2.24) is 0 Å². The van der Waals surface area contributed by atoms with Crippen LogP contribution in [0.5, 0.6) is 0 Å². The Morgan fingerprint density at radius 3 is 2.89 bits per heavy atom. The minimum atomic E-state index is -0.467. The zero-order chi connectivity index (χ0) is 13.0. The molecule has 1 N–H and O–H groups in total. The van der Waals surface area contributed by atoms with Gasteiger partial charge in [0.15, 0.2) is 0 Å². The summed E-state index contributed by atoms with van der Waals surface area (Å²) in [6.45, 7) is 2.03. The molecule has 0 aromatic heterocycles. The topological polar surface area (TPSA) is 38.3 Å². The maximum atomic E-state index is 11.2. The molecule has 2 aromatic rings. The lowest BCUT2D eigenvalue weighted by Gasteiger charge is -2.08. The SMILES string of the molecule is COC(=O)Nc1cccc(-c2cc[c]cc2C)c1. The van der Waals surface area contributed by atoms with Crippen LogP contribution in [0.3, 0.4) is 0 Å². The van der Waals surface area contributed by atoms with Crippen molar-refractivity contribution < 1.29 is 9.53 Å². The van der Waals surface area contributed by atoms with Crippen molar-refractivity contribution in [2.75, 3.05) is 12.4 Å². The van der Waals surface area contributed by atoms with Crippen LogP contribution in [0.1, 0.15) is 5.56 Å². The van der Waals surface area contributed by atoms with E-state index in [4.69, 9.17) is 0 Å². The summed E-state index contributed by atoms with van der Waals surface area (Å²) in [5.74, 6) is 0. The van der Waals surface area contributed by atoms with E-state index in [1.807, 2.05) is 49.4 Å². The van der Waals surface area contributed by atoms with Gasteiger partial charge in [-0.05, 0) is 41.8 Å².